The van der Waals surface area contributed by atoms with E-state index < -0.39 is 5.97 Å². The van der Waals surface area contributed by atoms with Gasteiger partial charge < -0.3 is 14.6 Å². The Labute approximate surface area is 65.4 Å². The molecular weight excluding hydrogens is 148 g/mol. The maximum atomic E-state index is 10.4. The predicted molar refractivity (Wildman–Crippen MR) is 39.1 cm³/mol. The Hall–Kier alpha value is -0.870. The summed E-state index contributed by atoms with van der Waals surface area (Å²) in [7, 11) is 1.31. The van der Waals surface area contributed by atoms with Gasteiger partial charge in [-0.1, -0.05) is 6.08 Å². The van der Waals surface area contributed by atoms with Crippen molar-refractivity contribution in [2.75, 3.05) is 26.9 Å². The summed E-state index contributed by atoms with van der Waals surface area (Å²) in [5.41, 5.74) is 0. The molecule has 0 heterocycles. The Morgan fingerprint density at radius 3 is 2.91 bits per heavy atom. The van der Waals surface area contributed by atoms with Crippen LogP contribution < -0.4 is 0 Å². The Kier molecular flexibility index (Phi) is 6.67. The summed E-state index contributed by atoms with van der Waals surface area (Å²) in [6, 6.07) is 0. The number of rotatable bonds is 5. The molecule has 0 spiro atoms. The third kappa shape index (κ3) is 7.02. The van der Waals surface area contributed by atoms with Crippen molar-refractivity contribution in [1.82, 2.24) is 0 Å². The first-order chi connectivity index (χ1) is 5.31. The molecule has 1 N–H and O–H groups in total. The molecule has 0 amide bonds. The number of methoxy groups -OCH3 is 1. The van der Waals surface area contributed by atoms with Crippen molar-refractivity contribution in [2.24, 2.45) is 0 Å². The predicted octanol–water partition coefficient (Wildman–Crippen LogP) is -0.276. The van der Waals surface area contributed by atoms with Gasteiger partial charge in [0, 0.05) is 6.08 Å². The molecule has 0 saturated carbocycles. The molecule has 64 valence electrons. The summed E-state index contributed by atoms with van der Waals surface area (Å²) >= 11 is 0. The summed E-state index contributed by atoms with van der Waals surface area (Å²) in [5, 5.41) is 8.28. The number of aliphatic hydroxyl groups is 1. The molecule has 11 heavy (non-hydrogen) atoms. The van der Waals surface area contributed by atoms with E-state index in [1.165, 1.54) is 19.3 Å². The van der Waals surface area contributed by atoms with E-state index in [4.69, 9.17) is 9.84 Å². The van der Waals surface area contributed by atoms with Crippen LogP contribution in [0.5, 0.6) is 0 Å². The first-order valence-corrected chi connectivity index (χ1v) is 3.24. The van der Waals surface area contributed by atoms with Crippen LogP contribution in [0.2, 0.25) is 0 Å². The fraction of sp³-hybridized carbons (Fsp3) is 0.571. The van der Waals surface area contributed by atoms with Gasteiger partial charge in [0.05, 0.1) is 26.9 Å². The average molecular weight is 160 g/mol. The smallest absolute Gasteiger partial charge is 0.330 e. The highest BCUT2D eigenvalue weighted by atomic mass is 16.5. The van der Waals surface area contributed by atoms with E-state index in [1.807, 2.05) is 0 Å². The van der Waals surface area contributed by atoms with Crippen LogP contribution in [0.3, 0.4) is 0 Å². The fourth-order valence-corrected chi connectivity index (χ4v) is 0.428. The molecular formula is C7H12O4. The van der Waals surface area contributed by atoms with Gasteiger partial charge in [-0.05, 0) is 0 Å². The lowest BCUT2D eigenvalue weighted by molar-refractivity contribution is -0.134. The van der Waals surface area contributed by atoms with E-state index in [0.717, 1.165) is 0 Å². The summed E-state index contributed by atoms with van der Waals surface area (Å²) in [6.45, 7) is 0.591. The zero-order chi connectivity index (χ0) is 8.53. The number of hydrogen-bond acceptors (Lipinski definition) is 4. The second-order valence-electron chi connectivity index (χ2n) is 1.72. The lowest BCUT2D eigenvalue weighted by Gasteiger charge is -1.94. The third-order valence-corrected chi connectivity index (χ3v) is 0.905. The molecule has 0 aromatic carbocycles. The number of ether oxygens (including phenoxy) is 2. The van der Waals surface area contributed by atoms with E-state index in [-0.39, 0.29) is 13.2 Å². The first kappa shape index (κ1) is 10.1. The molecule has 4 heteroatoms. The largest absolute Gasteiger partial charge is 0.466 e. The molecule has 0 bridgehead atoms. The van der Waals surface area contributed by atoms with Crippen molar-refractivity contribution in [3.8, 4) is 0 Å². The SMILES string of the molecule is COC(=O)/C=C/COCCO. The van der Waals surface area contributed by atoms with Crippen LogP contribution in [-0.2, 0) is 14.3 Å². The molecule has 0 aliphatic rings. The first-order valence-electron chi connectivity index (χ1n) is 3.24. The van der Waals surface area contributed by atoms with Crippen molar-refractivity contribution in [1.29, 1.82) is 0 Å². The van der Waals surface area contributed by atoms with Gasteiger partial charge in [0.25, 0.3) is 0 Å². The lowest BCUT2D eigenvalue weighted by atomic mass is 10.5. The van der Waals surface area contributed by atoms with Crippen molar-refractivity contribution in [3.05, 3.63) is 12.2 Å². The summed E-state index contributed by atoms with van der Waals surface area (Å²) in [5.74, 6) is -0.405. The van der Waals surface area contributed by atoms with Crippen molar-refractivity contribution < 1.29 is 19.4 Å². The van der Waals surface area contributed by atoms with E-state index in [0.29, 0.717) is 6.61 Å². The Balaban J connectivity index is 3.22. The zero-order valence-electron chi connectivity index (χ0n) is 6.45. The van der Waals surface area contributed by atoms with Crippen LogP contribution in [-0.4, -0.2) is 38.0 Å². The second kappa shape index (κ2) is 7.24. The molecule has 0 atom stereocenters. The topological polar surface area (TPSA) is 55.8 Å². The number of esters is 1. The highest BCUT2D eigenvalue weighted by Crippen LogP contribution is 1.80. The number of carbonyl (C=O) groups excluding carboxylic acids is 1. The van der Waals surface area contributed by atoms with E-state index in [1.54, 1.807) is 0 Å². The normalized spacial score (nSPS) is 10.4. The number of hydrogen-bond donors (Lipinski definition) is 1. The highest BCUT2D eigenvalue weighted by Gasteiger charge is 1.88. The molecule has 4 nitrogen and oxygen atoms in total. The van der Waals surface area contributed by atoms with Gasteiger partial charge in [-0.15, -0.1) is 0 Å². The molecule has 0 aromatic rings. The maximum Gasteiger partial charge on any atom is 0.330 e. The van der Waals surface area contributed by atoms with E-state index in [2.05, 4.69) is 4.74 Å². The van der Waals surface area contributed by atoms with Gasteiger partial charge in [0.1, 0.15) is 0 Å². The van der Waals surface area contributed by atoms with Crippen LogP contribution in [0.1, 0.15) is 0 Å². The van der Waals surface area contributed by atoms with Crippen molar-refractivity contribution in [2.45, 2.75) is 0 Å². The van der Waals surface area contributed by atoms with Gasteiger partial charge in [-0.2, -0.15) is 0 Å². The number of aliphatic hydroxyl groups excluding tert-OH is 1. The fourth-order valence-electron chi connectivity index (χ4n) is 0.428. The highest BCUT2D eigenvalue weighted by molar-refractivity contribution is 5.81. The van der Waals surface area contributed by atoms with Gasteiger partial charge in [-0.25, -0.2) is 4.79 Å². The lowest BCUT2D eigenvalue weighted by Crippen LogP contribution is -2.00. The van der Waals surface area contributed by atoms with Gasteiger partial charge in [-0.3, -0.25) is 0 Å². The van der Waals surface area contributed by atoms with Crippen LogP contribution in [0.15, 0.2) is 12.2 Å². The third-order valence-electron chi connectivity index (χ3n) is 0.905. The number of carbonyl (C=O) groups is 1. The van der Waals surface area contributed by atoms with Crippen LogP contribution in [0, 0.1) is 0 Å². The van der Waals surface area contributed by atoms with Crippen LogP contribution in [0.4, 0.5) is 0 Å². The Morgan fingerprint density at radius 1 is 1.64 bits per heavy atom. The molecule has 0 aliphatic carbocycles. The Bertz CT molecular complexity index is 130. The standard InChI is InChI=1S/C7H12O4/c1-10-7(9)3-2-5-11-6-4-8/h2-3,8H,4-6H2,1H3/b3-2+. The summed E-state index contributed by atoms with van der Waals surface area (Å²) in [4.78, 5) is 10.4. The summed E-state index contributed by atoms with van der Waals surface area (Å²) in [6.07, 6.45) is 2.80. The minimum atomic E-state index is -0.405. The van der Waals surface area contributed by atoms with Crippen molar-refractivity contribution in [3.63, 3.8) is 0 Å². The van der Waals surface area contributed by atoms with Gasteiger partial charge in [0.15, 0.2) is 0 Å². The molecule has 0 saturated heterocycles. The monoisotopic (exact) mass is 160 g/mol. The minimum Gasteiger partial charge on any atom is -0.466 e. The average Bonchev–Trinajstić information content (AvgIpc) is 2.04. The zero-order valence-corrected chi connectivity index (χ0v) is 6.45. The molecule has 0 unspecified atom stereocenters. The molecule has 0 aliphatic heterocycles. The van der Waals surface area contributed by atoms with E-state index >= 15 is 0 Å². The summed E-state index contributed by atoms with van der Waals surface area (Å²) < 4.78 is 9.16. The van der Waals surface area contributed by atoms with Crippen molar-refractivity contribution >= 4 is 5.97 Å². The maximum absolute atomic E-state index is 10.4. The molecule has 0 fully saturated rings. The molecule has 0 rings (SSSR count). The second-order valence-corrected chi connectivity index (χ2v) is 1.72. The molecule has 0 radical (unpaired) electrons. The van der Waals surface area contributed by atoms with Crippen LogP contribution >= 0.6 is 0 Å². The minimum absolute atomic E-state index is 0.00787. The Morgan fingerprint density at radius 2 is 2.36 bits per heavy atom. The van der Waals surface area contributed by atoms with Crippen LogP contribution in [0.25, 0.3) is 0 Å². The van der Waals surface area contributed by atoms with E-state index in [9.17, 15) is 4.79 Å². The van der Waals surface area contributed by atoms with Gasteiger partial charge >= 0.3 is 5.97 Å². The quantitative estimate of drug-likeness (QED) is 0.341. The van der Waals surface area contributed by atoms with Gasteiger partial charge in [0.2, 0.25) is 0 Å². The molecule has 0 aromatic heterocycles.